The molecule has 0 bridgehead atoms. The molecule has 9 heteroatoms. The number of aromatic amines is 1. The molecule has 0 unspecified atom stereocenters. The Labute approximate surface area is 148 Å². The Morgan fingerprint density at radius 2 is 2.35 bits per heavy atom. The highest BCUT2D eigenvalue weighted by molar-refractivity contribution is 5.87. The first kappa shape index (κ1) is 17.6. The molecule has 26 heavy (non-hydrogen) atoms. The van der Waals surface area contributed by atoms with E-state index in [1.807, 2.05) is 6.08 Å². The molecule has 0 saturated carbocycles. The average Bonchev–Trinajstić information content (AvgIpc) is 3.09. The van der Waals surface area contributed by atoms with Crippen LogP contribution >= 0.6 is 0 Å². The Morgan fingerprint density at radius 3 is 3.04 bits per heavy atom. The molecule has 8 nitrogen and oxygen atoms in total. The summed E-state index contributed by atoms with van der Waals surface area (Å²) in [6.07, 6.45) is 2.98. The van der Waals surface area contributed by atoms with Crippen LogP contribution in [0.5, 0.6) is 11.8 Å². The minimum absolute atomic E-state index is 0.152. The van der Waals surface area contributed by atoms with Crippen LogP contribution in [0.1, 0.15) is 35.0 Å². The van der Waals surface area contributed by atoms with Gasteiger partial charge in [0.1, 0.15) is 0 Å². The van der Waals surface area contributed by atoms with Gasteiger partial charge in [0.25, 0.3) is 5.88 Å². The highest BCUT2D eigenvalue weighted by atomic mass is 19.1. The van der Waals surface area contributed by atoms with E-state index in [0.29, 0.717) is 37.2 Å². The zero-order valence-electron chi connectivity index (χ0n) is 13.9. The van der Waals surface area contributed by atoms with Gasteiger partial charge in [-0.25, -0.2) is 9.89 Å². The van der Waals surface area contributed by atoms with Crippen molar-refractivity contribution in [2.24, 2.45) is 0 Å². The van der Waals surface area contributed by atoms with Crippen LogP contribution in [-0.2, 0) is 11.2 Å². The van der Waals surface area contributed by atoms with E-state index >= 15 is 0 Å². The largest absolute Gasteiger partial charge is 0.476 e. The lowest BCUT2D eigenvalue weighted by Gasteiger charge is -2.09. The van der Waals surface area contributed by atoms with Crippen LogP contribution in [-0.4, -0.2) is 44.7 Å². The molecule has 0 aliphatic carbocycles. The number of rotatable bonds is 4. The number of halogens is 1. The van der Waals surface area contributed by atoms with Gasteiger partial charge in [-0.2, -0.15) is 9.37 Å². The summed E-state index contributed by atoms with van der Waals surface area (Å²) in [6, 6.07) is 1.45. The molecule has 3 rings (SSSR count). The molecule has 0 saturated heterocycles. The average molecular weight is 358 g/mol. The van der Waals surface area contributed by atoms with Crippen molar-refractivity contribution in [3.8, 4) is 23.6 Å². The zero-order chi connectivity index (χ0) is 18.5. The van der Waals surface area contributed by atoms with E-state index in [0.717, 1.165) is 5.57 Å². The third kappa shape index (κ3) is 3.87. The first-order chi connectivity index (χ1) is 12.6. The minimum atomic E-state index is -1.30. The van der Waals surface area contributed by atoms with Gasteiger partial charge in [-0.1, -0.05) is 29.1 Å². The molecule has 2 aromatic heterocycles. The van der Waals surface area contributed by atoms with E-state index in [9.17, 15) is 9.18 Å². The number of H-pyrrole nitrogens is 1. The van der Waals surface area contributed by atoms with Gasteiger partial charge >= 0.3 is 5.97 Å². The Hall–Kier alpha value is -3.25. The Kier molecular flexibility index (Phi) is 5.24. The molecule has 0 fully saturated rings. The Bertz CT molecular complexity index is 927. The van der Waals surface area contributed by atoms with Crippen LogP contribution in [0.15, 0.2) is 17.7 Å². The number of nitrogens with one attached hydrogen (secondary N) is 1. The van der Waals surface area contributed by atoms with Crippen molar-refractivity contribution in [2.45, 2.75) is 19.8 Å². The molecule has 0 aromatic carbocycles. The molecule has 0 atom stereocenters. The minimum Gasteiger partial charge on any atom is -0.476 e. The zero-order valence-corrected chi connectivity index (χ0v) is 13.9. The monoisotopic (exact) mass is 358 g/mol. The first-order valence-electron chi connectivity index (χ1n) is 7.89. The summed E-state index contributed by atoms with van der Waals surface area (Å²) in [5.41, 5.74) is 1.34. The van der Waals surface area contributed by atoms with Crippen molar-refractivity contribution in [3.05, 3.63) is 40.5 Å². The number of carbonyl (C=O) groups is 1. The SMILES string of the molecule is CCc1c(C#CC2=CCOCC2)cc(Oc2nn[nH]c2C(=O)O)nc1F. The van der Waals surface area contributed by atoms with E-state index in [4.69, 9.17) is 14.6 Å². The fourth-order valence-corrected chi connectivity index (χ4v) is 2.33. The predicted molar refractivity (Wildman–Crippen MR) is 87.4 cm³/mol. The number of ether oxygens (including phenoxy) is 2. The predicted octanol–water partition coefficient (Wildman–Crippen LogP) is 2.09. The van der Waals surface area contributed by atoms with Crippen LogP contribution < -0.4 is 4.74 Å². The van der Waals surface area contributed by atoms with Crippen LogP contribution in [0.3, 0.4) is 0 Å². The highest BCUT2D eigenvalue weighted by Crippen LogP contribution is 2.24. The number of nitrogens with zero attached hydrogens (tertiary/aromatic N) is 3. The maximum Gasteiger partial charge on any atom is 0.359 e. The van der Waals surface area contributed by atoms with Crippen molar-refractivity contribution < 1.29 is 23.8 Å². The molecule has 0 amide bonds. The van der Waals surface area contributed by atoms with Crippen molar-refractivity contribution in [2.75, 3.05) is 13.2 Å². The Morgan fingerprint density at radius 1 is 1.50 bits per heavy atom. The topological polar surface area (TPSA) is 110 Å². The first-order valence-corrected chi connectivity index (χ1v) is 7.89. The molecular weight excluding hydrogens is 343 g/mol. The second kappa shape index (κ2) is 7.76. The van der Waals surface area contributed by atoms with Gasteiger partial charge in [-0.3, -0.25) is 0 Å². The highest BCUT2D eigenvalue weighted by Gasteiger charge is 2.19. The number of carboxylic acid groups (broad SMARTS) is 1. The van der Waals surface area contributed by atoms with Crippen molar-refractivity contribution in [1.82, 2.24) is 20.4 Å². The molecule has 2 N–H and O–H groups in total. The summed E-state index contributed by atoms with van der Waals surface area (Å²) >= 11 is 0. The standard InChI is InChI=1S/C17H15FN4O4/c1-2-12-11(4-3-10-5-7-25-8-6-10)9-13(19-15(12)18)26-16-14(17(23)24)20-22-21-16/h5,9H,2,6-8H2,1H3,(H,23,24)(H,20,21,22). The van der Waals surface area contributed by atoms with Gasteiger partial charge in [-0.05, 0) is 12.5 Å². The van der Waals surface area contributed by atoms with Crippen LogP contribution in [0.25, 0.3) is 0 Å². The summed E-state index contributed by atoms with van der Waals surface area (Å²) < 4.78 is 24.8. The van der Waals surface area contributed by atoms with Gasteiger partial charge in [0.2, 0.25) is 17.5 Å². The molecule has 1 aliphatic rings. The third-order valence-electron chi connectivity index (χ3n) is 3.66. The number of carboxylic acids is 1. The molecule has 2 aromatic rings. The van der Waals surface area contributed by atoms with Crippen molar-refractivity contribution in [3.63, 3.8) is 0 Å². The van der Waals surface area contributed by atoms with Crippen LogP contribution in [0, 0.1) is 17.8 Å². The number of aromatic carboxylic acids is 1. The van der Waals surface area contributed by atoms with E-state index in [1.165, 1.54) is 6.07 Å². The molecule has 134 valence electrons. The molecule has 3 heterocycles. The van der Waals surface area contributed by atoms with Gasteiger partial charge in [0, 0.05) is 29.2 Å². The maximum atomic E-state index is 14.3. The molecular formula is C17H15FN4O4. The summed E-state index contributed by atoms with van der Waals surface area (Å²) in [7, 11) is 0. The fourth-order valence-electron chi connectivity index (χ4n) is 2.33. The summed E-state index contributed by atoms with van der Waals surface area (Å²) in [4.78, 5) is 14.8. The number of hydrogen-bond acceptors (Lipinski definition) is 6. The number of pyridine rings is 1. The molecule has 1 aliphatic heterocycles. The van der Waals surface area contributed by atoms with Gasteiger partial charge in [0.15, 0.2) is 0 Å². The van der Waals surface area contributed by atoms with E-state index in [2.05, 4.69) is 32.2 Å². The van der Waals surface area contributed by atoms with Gasteiger partial charge in [0.05, 0.1) is 13.2 Å². The second-order valence-electron chi connectivity index (χ2n) is 5.33. The lowest BCUT2D eigenvalue weighted by molar-refractivity contribution is 0.0687. The van der Waals surface area contributed by atoms with Gasteiger partial charge in [-0.15, -0.1) is 0 Å². The summed E-state index contributed by atoms with van der Waals surface area (Å²) in [6.45, 7) is 2.90. The smallest absolute Gasteiger partial charge is 0.359 e. The van der Waals surface area contributed by atoms with Gasteiger partial charge < -0.3 is 14.6 Å². The number of aromatic nitrogens is 4. The summed E-state index contributed by atoms with van der Waals surface area (Å²) in [5.74, 6) is 3.46. The lowest BCUT2D eigenvalue weighted by atomic mass is 10.1. The Balaban J connectivity index is 1.94. The second-order valence-corrected chi connectivity index (χ2v) is 5.33. The van der Waals surface area contributed by atoms with E-state index in [-0.39, 0.29) is 17.5 Å². The van der Waals surface area contributed by atoms with Crippen LogP contribution in [0.4, 0.5) is 4.39 Å². The quantitative estimate of drug-likeness (QED) is 0.636. The molecule has 0 spiro atoms. The third-order valence-corrected chi connectivity index (χ3v) is 3.66. The van der Waals surface area contributed by atoms with E-state index < -0.39 is 11.9 Å². The van der Waals surface area contributed by atoms with Crippen molar-refractivity contribution in [1.29, 1.82) is 0 Å². The van der Waals surface area contributed by atoms with E-state index in [1.54, 1.807) is 6.92 Å². The van der Waals surface area contributed by atoms with Crippen molar-refractivity contribution >= 4 is 5.97 Å². The fraction of sp³-hybridized carbons (Fsp3) is 0.294. The lowest BCUT2D eigenvalue weighted by Crippen LogP contribution is -2.04. The maximum absolute atomic E-state index is 14.3. The number of hydrogen-bond donors (Lipinski definition) is 2. The normalized spacial score (nSPS) is 13.5. The summed E-state index contributed by atoms with van der Waals surface area (Å²) in [5, 5.41) is 18.1. The van der Waals surface area contributed by atoms with Crippen LogP contribution in [0.2, 0.25) is 0 Å². The molecule has 0 radical (unpaired) electrons.